The molecule has 0 atom stereocenters. The number of amides is 1. The second-order valence-corrected chi connectivity index (χ2v) is 7.48. The molecule has 3 heterocycles. The Kier molecular flexibility index (Phi) is 6.28. The van der Waals surface area contributed by atoms with Crippen molar-refractivity contribution in [3.63, 3.8) is 0 Å². The summed E-state index contributed by atoms with van der Waals surface area (Å²) in [7, 11) is 0. The lowest BCUT2D eigenvalue weighted by atomic mass is 10.3. The van der Waals surface area contributed by atoms with Crippen molar-refractivity contribution < 1.29 is 18.7 Å². The van der Waals surface area contributed by atoms with Gasteiger partial charge in [0.05, 0.1) is 6.61 Å². The smallest absolute Gasteiger partial charge is 0.271 e. The summed E-state index contributed by atoms with van der Waals surface area (Å²) < 4.78 is 16.9. The molecule has 0 bridgehead atoms. The third kappa shape index (κ3) is 5.10. The Bertz CT molecular complexity index is 1170. The number of thiazole rings is 1. The van der Waals surface area contributed by atoms with Crippen molar-refractivity contribution in [1.29, 1.82) is 0 Å². The fourth-order valence-corrected chi connectivity index (χ4v) is 3.57. The van der Waals surface area contributed by atoms with Crippen LogP contribution in [0.4, 0.5) is 0 Å². The molecule has 4 rings (SSSR count). The maximum atomic E-state index is 12.4. The summed E-state index contributed by atoms with van der Waals surface area (Å²) in [6.45, 7) is 4.66. The highest BCUT2D eigenvalue weighted by Crippen LogP contribution is 2.30. The van der Waals surface area contributed by atoms with Crippen LogP contribution < -0.4 is 14.8 Å². The molecule has 0 aliphatic rings. The summed E-state index contributed by atoms with van der Waals surface area (Å²) in [5, 5.41) is 5.24. The number of rotatable bonds is 8. The first-order valence-electron chi connectivity index (χ1n) is 9.77. The zero-order valence-corrected chi connectivity index (χ0v) is 17.9. The van der Waals surface area contributed by atoms with Crippen molar-refractivity contribution in [3.8, 4) is 28.1 Å². The van der Waals surface area contributed by atoms with Crippen LogP contribution in [-0.2, 0) is 6.54 Å². The number of para-hydroxylation sites is 2. The van der Waals surface area contributed by atoms with Gasteiger partial charge in [-0.3, -0.25) is 4.79 Å². The molecule has 4 aromatic rings. The van der Waals surface area contributed by atoms with Crippen molar-refractivity contribution in [1.82, 2.24) is 15.3 Å². The summed E-state index contributed by atoms with van der Waals surface area (Å²) in [5.74, 6) is 2.92. The molecule has 0 aliphatic heterocycles. The number of furan rings is 1. The van der Waals surface area contributed by atoms with Crippen molar-refractivity contribution in [2.45, 2.75) is 20.4 Å². The second-order valence-electron chi connectivity index (χ2n) is 6.62. The lowest BCUT2D eigenvalue weighted by molar-refractivity contribution is 0.0946. The van der Waals surface area contributed by atoms with E-state index in [0.29, 0.717) is 47.0 Å². The summed E-state index contributed by atoms with van der Waals surface area (Å²) in [5.41, 5.74) is 1.20. The molecule has 0 aliphatic carbocycles. The van der Waals surface area contributed by atoms with E-state index >= 15 is 0 Å². The largest absolute Gasteiger partial charge is 0.490 e. The number of pyridine rings is 1. The summed E-state index contributed by atoms with van der Waals surface area (Å²) >= 11 is 1.37. The van der Waals surface area contributed by atoms with E-state index in [-0.39, 0.29) is 5.91 Å². The molecule has 0 saturated heterocycles. The van der Waals surface area contributed by atoms with E-state index in [0.717, 1.165) is 11.3 Å². The molecule has 1 aromatic carbocycles. The third-order valence-electron chi connectivity index (χ3n) is 4.30. The lowest BCUT2D eigenvalue weighted by Crippen LogP contribution is -2.23. The topological polar surface area (TPSA) is 86.5 Å². The third-order valence-corrected chi connectivity index (χ3v) is 5.16. The highest BCUT2D eigenvalue weighted by Gasteiger charge is 2.14. The van der Waals surface area contributed by atoms with E-state index < -0.39 is 0 Å². The molecule has 1 amide bonds. The van der Waals surface area contributed by atoms with Crippen molar-refractivity contribution >= 4 is 17.2 Å². The normalized spacial score (nSPS) is 10.6. The minimum absolute atomic E-state index is 0.253. The predicted octanol–water partition coefficient (Wildman–Crippen LogP) is 5.23. The van der Waals surface area contributed by atoms with Gasteiger partial charge in [0.25, 0.3) is 5.91 Å². The molecule has 1 N–H and O–H groups in total. The number of hydrogen-bond acceptors (Lipinski definition) is 7. The number of hydrogen-bond donors (Lipinski definition) is 1. The van der Waals surface area contributed by atoms with Crippen molar-refractivity contribution in [2.24, 2.45) is 0 Å². The Morgan fingerprint density at radius 3 is 2.68 bits per heavy atom. The van der Waals surface area contributed by atoms with Crippen molar-refractivity contribution in [3.05, 3.63) is 77.1 Å². The predicted molar refractivity (Wildman–Crippen MR) is 118 cm³/mol. The van der Waals surface area contributed by atoms with Gasteiger partial charge in [0, 0.05) is 24.2 Å². The fourth-order valence-electron chi connectivity index (χ4n) is 2.81. The summed E-state index contributed by atoms with van der Waals surface area (Å²) in [4.78, 5) is 21.1. The quantitative estimate of drug-likeness (QED) is 0.408. The van der Waals surface area contributed by atoms with Gasteiger partial charge >= 0.3 is 0 Å². The molecule has 0 unspecified atom stereocenters. The summed E-state index contributed by atoms with van der Waals surface area (Å²) in [6, 6.07) is 14.8. The van der Waals surface area contributed by atoms with Gasteiger partial charge in [-0.1, -0.05) is 18.2 Å². The average Bonchev–Trinajstić information content (AvgIpc) is 3.44. The van der Waals surface area contributed by atoms with Crippen LogP contribution in [0.1, 0.15) is 28.7 Å². The van der Waals surface area contributed by atoms with Gasteiger partial charge < -0.3 is 19.2 Å². The van der Waals surface area contributed by atoms with E-state index in [1.54, 1.807) is 17.6 Å². The summed E-state index contributed by atoms with van der Waals surface area (Å²) in [6.07, 6.45) is 1.66. The molecule has 158 valence electrons. The molecular formula is C23H21N3O4S. The van der Waals surface area contributed by atoms with Gasteiger partial charge in [-0.05, 0) is 43.7 Å². The molecule has 0 radical (unpaired) electrons. The Balaban J connectivity index is 1.34. The van der Waals surface area contributed by atoms with Crippen LogP contribution >= 0.6 is 11.3 Å². The molecular weight excluding hydrogens is 414 g/mol. The zero-order chi connectivity index (χ0) is 21.6. The van der Waals surface area contributed by atoms with E-state index in [9.17, 15) is 4.79 Å². The number of benzene rings is 1. The molecule has 7 nitrogen and oxygen atoms in total. The number of nitrogens with one attached hydrogen (secondary N) is 1. The maximum Gasteiger partial charge on any atom is 0.271 e. The first kappa shape index (κ1) is 20.6. The van der Waals surface area contributed by atoms with Gasteiger partial charge in [0.15, 0.2) is 22.3 Å². The van der Waals surface area contributed by atoms with Gasteiger partial charge in [-0.25, -0.2) is 9.97 Å². The minimum Gasteiger partial charge on any atom is -0.490 e. The standard InChI is InChI=1S/C23H21N3O4S/c1-3-28-18-6-4-5-7-19(18)30-21-11-9-16(12-24-21)13-25-22(27)17-14-31-23(26-17)20-10-8-15(2)29-20/h4-12,14H,3,13H2,1-2H3,(H,25,27). The Morgan fingerprint density at radius 1 is 1.13 bits per heavy atom. The Morgan fingerprint density at radius 2 is 1.97 bits per heavy atom. The van der Waals surface area contributed by atoms with Gasteiger partial charge in [-0.15, -0.1) is 11.3 Å². The number of aromatic nitrogens is 2. The fraction of sp³-hybridized carbons (Fsp3) is 0.174. The molecule has 31 heavy (non-hydrogen) atoms. The lowest BCUT2D eigenvalue weighted by Gasteiger charge is -2.11. The van der Waals surface area contributed by atoms with Crippen molar-refractivity contribution in [2.75, 3.05) is 6.61 Å². The van der Waals surface area contributed by atoms with Crippen LogP contribution in [0.5, 0.6) is 17.4 Å². The number of nitrogens with zero attached hydrogens (tertiary/aromatic N) is 2. The zero-order valence-electron chi connectivity index (χ0n) is 17.1. The molecule has 3 aromatic heterocycles. The van der Waals surface area contributed by atoms with Crippen LogP contribution in [-0.4, -0.2) is 22.5 Å². The second kappa shape index (κ2) is 9.44. The van der Waals surface area contributed by atoms with Gasteiger partial charge in [0.2, 0.25) is 5.88 Å². The SMILES string of the molecule is CCOc1ccccc1Oc1ccc(CNC(=O)c2csc(-c3ccc(C)o3)n2)cn1. The van der Waals surface area contributed by atoms with E-state index in [4.69, 9.17) is 13.9 Å². The molecule has 8 heteroatoms. The van der Waals surface area contributed by atoms with E-state index in [1.165, 1.54) is 11.3 Å². The molecule has 0 saturated carbocycles. The monoisotopic (exact) mass is 435 g/mol. The molecule has 0 fully saturated rings. The number of carbonyl (C=O) groups is 1. The van der Waals surface area contributed by atoms with Gasteiger partial charge in [0.1, 0.15) is 11.5 Å². The first-order valence-corrected chi connectivity index (χ1v) is 10.7. The highest BCUT2D eigenvalue weighted by molar-refractivity contribution is 7.13. The number of aryl methyl sites for hydroxylation is 1. The van der Waals surface area contributed by atoms with Crippen LogP contribution in [0, 0.1) is 6.92 Å². The molecule has 0 spiro atoms. The first-order chi connectivity index (χ1) is 15.1. The van der Waals surface area contributed by atoms with Crippen LogP contribution in [0.2, 0.25) is 0 Å². The maximum absolute atomic E-state index is 12.4. The highest BCUT2D eigenvalue weighted by atomic mass is 32.1. The van der Waals surface area contributed by atoms with E-state index in [2.05, 4.69) is 15.3 Å². The van der Waals surface area contributed by atoms with Crippen LogP contribution in [0.25, 0.3) is 10.8 Å². The van der Waals surface area contributed by atoms with E-state index in [1.807, 2.05) is 56.3 Å². The van der Waals surface area contributed by atoms with Crippen LogP contribution in [0.15, 0.2) is 64.5 Å². The average molecular weight is 436 g/mol. The minimum atomic E-state index is -0.253. The van der Waals surface area contributed by atoms with Gasteiger partial charge in [-0.2, -0.15) is 0 Å². The number of carbonyl (C=O) groups excluding carboxylic acids is 1. The Hall–Kier alpha value is -3.65. The Labute approximate surface area is 183 Å². The number of ether oxygens (including phenoxy) is 2. The van der Waals surface area contributed by atoms with Crippen LogP contribution in [0.3, 0.4) is 0 Å².